The number of aromatic amines is 1. The molecule has 0 fully saturated rings. The van der Waals surface area contributed by atoms with E-state index in [0.29, 0.717) is 17.1 Å². The van der Waals surface area contributed by atoms with Gasteiger partial charge in [0.2, 0.25) is 0 Å². The molecule has 2 atom stereocenters. The average Bonchev–Trinajstić information content (AvgIpc) is 2.74. The number of methoxy groups -OCH3 is 2. The number of rotatable bonds is 8. The van der Waals surface area contributed by atoms with E-state index in [2.05, 4.69) is 10.9 Å². The van der Waals surface area contributed by atoms with Crippen molar-refractivity contribution in [2.45, 2.75) is 31.6 Å². The Kier molecular flexibility index (Phi) is 7.12. The second-order valence-electron chi connectivity index (χ2n) is 6.44. The third-order valence-electron chi connectivity index (χ3n) is 4.48. The fourth-order valence-electron chi connectivity index (χ4n) is 2.87. The van der Waals surface area contributed by atoms with Crippen molar-refractivity contribution in [3.05, 3.63) is 56.4 Å². The van der Waals surface area contributed by atoms with Gasteiger partial charge in [-0.15, -0.1) is 6.42 Å². The van der Waals surface area contributed by atoms with E-state index in [-0.39, 0.29) is 25.1 Å². The minimum atomic E-state index is -2.80. The first kappa shape index (κ1) is 23.0. The molecule has 31 heavy (non-hydrogen) atoms. The van der Waals surface area contributed by atoms with Crippen molar-refractivity contribution < 1.29 is 33.3 Å². The molecule has 0 saturated heterocycles. The largest absolute Gasteiger partial charge is 0.493 e. The minimum Gasteiger partial charge on any atom is -0.493 e. The highest BCUT2D eigenvalue weighted by atomic mass is 31.2. The Balaban J connectivity index is 1.70. The molecule has 1 aliphatic heterocycles. The summed E-state index contributed by atoms with van der Waals surface area (Å²) in [6, 6.07) is 5.24. The lowest BCUT2D eigenvalue weighted by molar-refractivity contribution is -0.345. The van der Waals surface area contributed by atoms with Crippen molar-refractivity contribution in [3.8, 4) is 23.8 Å². The number of nitrogens with zero attached hydrogens (tertiary/aromatic N) is 1. The first-order valence-electron chi connectivity index (χ1n) is 9.03. The van der Waals surface area contributed by atoms with Gasteiger partial charge < -0.3 is 24.2 Å². The molecule has 2 aromatic rings. The molecule has 2 unspecified atom stereocenters. The highest BCUT2D eigenvalue weighted by Gasteiger charge is 2.42. The maximum atomic E-state index is 11.9. The van der Waals surface area contributed by atoms with Gasteiger partial charge in [0.1, 0.15) is 11.7 Å². The number of H-pyrrole nitrogens is 1. The van der Waals surface area contributed by atoms with Gasteiger partial charge in [-0.05, 0) is 12.5 Å². The average molecular weight is 452 g/mol. The van der Waals surface area contributed by atoms with Gasteiger partial charge in [-0.25, -0.2) is 9.32 Å². The number of fused-ring (bicyclic) bond motifs is 1. The van der Waals surface area contributed by atoms with Crippen molar-refractivity contribution in [2.75, 3.05) is 14.2 Å². The lowest BCUT2D eigenvalue weighted by Gasteiger charge is -2.33. The van der Waals surface area contributed by atoms with Gasteiger partial charge in [0, 0.05) is 25.4 Å². The van der Waals surface area contributed by atoms with Crippen molar-refractivity contribution >= 4 is 8.60 Å². The van der Waals surface area contributed by atoms with Crippen molar-refractivity contribution in [1.82, 2.24) is 9.55 Å². The number of terminal acetylenes is 1. The molecule has 0 spiro atoms. The van der Waals surface area contributed by atoms with Crippen LogP contribution in [-0.4, -0.2) is 46.1 Å². The Morgan fingerprint density at radius 2 is 2.16 bits per heavy atom. The Morgan fingerprint density at radius 3 is 2.84 bits per heavy atom. The summed E-state index contributed by atoms with van der Waals surface area (Å²) in [6.07, 6.45) is 5.06. The summed E-state index contributed by atoms with van der Waals surface area (Å²) < 4.78 is 27.8. The molecular weight excluding hydrogens is 431 g/mol. The fraction of sp³-hybridized carbons (Fsp3) is 0.368. The van der Waals surface area contributed by atoms with Gasteiger partial charge in [-0.3, -0.25) is 18.9 Å². The van der Waals surface area contributed by atoms with E-state index < -0.39 is 31.9 Å². The van der Waals surface area contributed by atoms with E-state index in [0.717, 1.165) is 4.57 Å². The molecule has 0 saturated carbocycles. The molecule has 12 heteroatoms. The summed E-state index contributed by atoms with van der Waals surface area (Å²) in [5, 5.41) is 20.9. The minimum absolute atomic E-state index is 0.0378. The summed E-state index contributed by atoms with van der Waals surface area (Å²) >= 11 is 0. The van der Waals surface area contributed by atoms with Crippen LogP contribution >= 0.6 is 8.60 Å². The number of aromatic nitrogens is 2. The fourth-order valence-corrected chi connectivity index (χ4v) is 3.95. The number of hydrogen-bond acceptors (Lipinski definition) is 9. The molecule has 166 valence electrons. The molecule has 0 aliphatic carbocycles. The van der Waals surface area contributed by atoms with E-state index in [1.165, 1.54) is 20.4 Å². The Bertz CT molecular complexity index is 1070. The maximum Gasteiger partial charge on any atom is 0.402 e. The summed E-state index contributed by atoms with van der Waals surface area (Å²) in [4.78, 5) is 25.6. The molecule has 0 amide bonds. The predicted octanol–water partition coefficient (Wildman–Crippen LogP) is 0.423. The quantitative estimate of drug-likeness (QED) is 0.295. The Morgan fingerprint density at radius 1 is 1.39 bits per heavy atom. The zero-order chi connectivity index (χ0) is 22.6. The maximum absolute atomic E-state index is 11.9. The number of ether oxygens (including phenoxy) is 2. The van der Waals surface area contributed by atoms with E-state index in [4.69, 9.17) is 29.5 Å². The van der Waals surface area contributed by atoms with Gasteiger partial charge in [0.25, 0.3) is 5.56 Å². The zero-order valence-electron chi connectivity index (χ0n) is 16.7. The van der Waals surface area contributed by atoms with Crippen LogP contribution in [0.4, 0.5) is 0 Å². The van der Waals surface area contributed by atoms with E-state index in [1.807, 2.05) is 0 Å². The summed E-state index contributed by atoms with van der Waals surface area (Å²) in [7, 11) is 0.527. The molecule has 2 heterocycles. The summed E-state index contributed by atoms with van der Waals surface area (Å²) in [6.45, 7) is 0.0684. The van der Waals surface area contributed by atoms with Crippen LogP contribution in [0.25, 0.3) is 0 Å². The zero-order valence-corrected chi connectivity index (χ0v) is 17.6. The summed E-state index contributed by atoms with van der Waals surface area (Å²) in [5.41, 5.74) is -0.704. The second kappa shape index (κ2) is 9.62. The topological polar surface area (TPSA) is 141 Å². The van der Waals surface area contributed by atoms with Crippen molar-refractivity contribution in [1.29, 1.82) is 0 Å². The Labute approximate surface area is 178 Å². The first-order valence-corrected chi connectivity index (χ1v) is 10.1. The van der Waals surface area contributed by atoms with Gasteiger partial charge in [0.05, 0.1) is 13.7 Å². The lowest BCUT2D eigenvalue weighted by atomic mass is 10.2. The van der Waals surface area contributed by atoms with Gasteiger partial charge in [-0.1, -0.05) is 18.1 Å². The van der Waals surface area contributed by atoms with Crippen molar-refractivity contribution in [3.63, 3.8) is 0 Å². The van der Waals surface area contributed by atoms with Gasteiger partial charge in [0.15, 0.2) is 11.5 Å². The standard InChI is InChI=1S/C19H21N2O9P/c1-4-12-10-21(18(23)20-17(12)22)9-8-15(27-3)19(24,25)30-31-28-11-13-6-5-7-14(26-2)16(13)29-31/h1,5-7,10,15,24-25H,8-9,11H2,2-3H3,(H,20,22,23). The Hall–Kier alpha value is -2.71. The normalized spacial score (nSPS) is 16.7. The van der Waals surface area contributed by atoms with Crippen LogP contribution < -0.4 is 20.5 Å². The van der Waals surface area contributed by atoms with Gasteiger partial charge >= 0.3 is 20.3 Å². The first-order chi connectivity index (χ1) is 14.8. The highest BCUT2D eigenvalue weighted by molar-refractivity contribution is 7.42. The lowest BCUT2D eigenvalue weighted by Crippen LogP contribution is -2.46. The molecule has 1 aromatic heterocycles. The van der Waals surface area contributed by atoms with Gasteiger partial charge in [-0.2, -0.15) is 0 Å². The van der Waals surface area contributed by atoms with Crippen LogP contribution in [0, 0.1) is 12.3 Å². The van der Waals surface area contributed by atoms with E-state index in [9.17, 15) is 19.8 Å². The van der Waals surface area contributed by atoms with Crippen LogP contribution in [0.1, 0.15) is 17.5 Å². The number of aliphatic hydroxyl groups is 2. The molecule has 1 aromatic carbocycles. The smallest absolute Gasteiger partial charge is 0.402 e. The monoisotopic (exact) mass is 452 g/mol. The third kappa shape index (κ3) is 5.14. The van der Waals surface area contributed by atoms with Crippen LogP contribution in [0.15, 0.2) is 34.0 Å². The molecule has 0 radical (unpaired) electrons. The number of nitrogens with one attached hydrogen (secondary N) is 1. The molecule has 1 aliphatic rings. The number of para-hydroxylation sites is 1. The molecule has 11 nitrogen and oxygen atoms in total. The third-order valence-corrected chi connectivity index (χ3v) is 5.57. The highest BCUT2D eigenvalue weighted by Crippen LogP contribution is 2.52. The van der Waals surface area contributed by atoms with Crippen LogP contribution in [-0.2, 0) is 26.9 Å². The molecule has 3 rings (SSSR count). The molecule has 3 N–H and O–H groups in total. The number of hydrogen-bond donors (Lipinski definition) is 3. The van der Waals surface area contributed by atoms with Crippen LogP contribution in [0.3, 0.4) is 0 Å². The summed E-state index contributed by atoms with van der Waals surface area (Å²) in [5.74, 6) is 0.193. The van der Waals surface area contributed by atoms with Crippen LogP contribution in [0.5, 0.6) is 11.5 Å². The predicted molar refractivity (Wildman–Crippen MR) is 108 cm³/mol. The number of benzene rings is 1. The van der Waals surface area contributed by atoms with E-state index in [1.54, 1.807) is 18.2 Å². The SMILES string of the molecule is C#Cc1cn(CCC(OC)C(O)(O)OP2OCc3cccc(OC)c3O2)c(=O)[nH]c1=O. The van der Waals surface area contributed by atoms with Crippen molar-refractivity contribution in [2.24, 2.45) is 0 Å². The second-order valence-corrected chi connectivity index (χ2v) is 7.51. The van der Waals surface area contributed by atoms with E-state index >= 15 is 0 Å². The molecular formula is C19H21N2O9P. The van der Waals surface area contributed by atoms with Crippen LogP contribution in [0.2, 0.25) is 0 Å². The molecule has 0 bridgehead atoms. The number of aryl methyl sites for hydroxylation is 1.